The van der Waals surface area contributed by atoms with Gasteiger partial charge in [-0.05, 0) is 47.5 Å². The molecule has 1 aliphatic heterocycles. The van der Waals surface area contributed by atoms with Gasteiger partial charge in [-0.15, -0.1) is 0 Å². The van der Waals surface area contributed by atoms with Crippen molar-refractivity contribution < 1.29 is 19.7 Å². The van der Waals surface area contributed by atoms with E-state index in [0.717, 1.165) is 10.1 Å². The number of methoxy groups -OCH3 is 1. The Kier molecular flexibility index (Phi) is 4.79. The fourth-order valence-electron chi connectivity index (χ4n) is 4.59. The zero-order valence-electron chi connectivity index (χ0n) is 18.4. The first-order valence-corrected chi connectivity index (χ1v) is 10.4. The van der Waals surface area contributed by atoms with Gasteiger partial charge in [-0.2, -0.15) is 0 Å². The van der Waals surface area contributed by atoms with Gasteiger partial charge in [0.05, 0.1) is 36.0 Å². The Morgan fingerprint density at radius 1 is 1.00 bits per heavy atom. The summed E-state index contributed by atoms with van der Waals surface area (Å²) >= 11 is 0. The first-order chi connectivity index (χ1) is 15.8. The summed E-state index contributed by atoms with van der Waals surface area (Å²) in [7, 11) is 4.68. The molecule has 33 heavy (non-hydrogen) atoms. The van der Waals surface area contributed by atoms with Gasteiger partial charge in [0.2, 0.25) is 0 Å². The minimum atomic E-state index is -0.655. The van der Waals surface area contributed by atoms with E-state index in [1.54, 1.807) is 20.2 Å². The summed E-state index contributed by atoms with van der Waals surface area (Å²) in [6.45, 7) is 0.834. The second-order valence-electron chi connectivity index (χ2n) is 8.04. The lowest BCUT2D eigenvalue weighted by Gasteiger charge is -2.28. The van der Waals surface area contributed by atoms with Crippen molar-refractivity contribution in [1.29, 1.82) is 0 Å². The van der Waals surface area contributed by atoms with Crippen LogP contribution in [0.15, 0.2) is 52.1 Å². The van der Waals surface area contributed by atoms with Gasteiger partial charge in [0.1, 0.15) is 11.9 Å². The van der Waals surface area contributed by atoms with Gasteiger partial charge in [0.15, 0.2) is 11.5 Å². The minimum Gasteiger partial charge on any atom is -0.504 e. The van der Waals surface area contributed by atoms with Gasteiger partial charge in [-0.25, -0.2) is 4.79 Å². The maximum absolute atomic E-state index is 13.4. The smallest absolute Gasteiger partial charge is 0.331 e. The molecule has 0 unspecified atom stereocenters. The van der Waals surface area contributed by atoms with Crippen molar-refractivity contribution in [2.75, 3.05) is 13.7 Å². The number of hydrogen-bond acceptors (Lipinski definition) is 6. The Morgan fingerprint density at radius 3 is 2.39 bits per heavy atom. The average Bonchev–Trinajstić information content (AvgIpc) is 3.18. The molecule has 0 spiro atoms. The predicted molar refractivity (Wildman–Crippen MR) is 122 cm³/mol. The number of aromatic hydroxyl groups is 2. The molecule has 1 atom stereocenters. The van der Waals surface area contributed by atoms with E-state index < -0.39 is 17.4 Å². The lowest BCUT2D eigenvalue weighted by Crippen LogP contribution is -2.37. The highest BCUT2D eigenvalue weighted by molar-refractivity contribution is 5.96. The van der Waals surface area contributed by atoms with Gasteiger partial charge in [0.25, 0.3) is 5.56 Å². The van der Waals surface area contributed by atoms with Crippen LogP contribution in [0.1, 0.15) is 17.4 Å². The zero-order chi connectivity index (χ0) is 23.4. The molecule has 0 bridgehead atoms. The molecule has 1 aliphatic rings. The number of nitrogens with zero attached hydrogens (tertiary/aromatic N) is 3. The van der Waals surface area contributed by atoms with Crippen molar-refractivity contribution in [1.82, 2.24) is 13.7 Å². The summed E-state index contributed by atoms with van der Waals surface area (Å²) in [4.78, 5) is 26.2. The largest absolute Gasteiger partial charge is 0.504 e. The van der Waals surface area contributed by atoms with E-state index in [4.69, 9.17) is 9.47 Å². The summed E-state index contributed by atoms with van der Waals surface area (Å²) in [6, 6.07) is 11.9. The zero-order valence-corrected chi connectivity index (χ0v) is 18.4. The van der Waals surface area contributed by atoms with Crippen molar-refractivity contribution in [3.05, 3.63) is 74.6 Å². The summed E-state index contributed by atoms with van der Waals surface area (Å²) in [5.41, 5.74) is 2.37. The fraction of sp³-hybridized carbons (Fsp3) is 0.250. The van der Waals surface area contributed by atoms with Crippen LogP contribution < -0.4 is 16.0 Å². The van der Waals surface area contributed by atoms with E-state index in [1.807, 2.05) is 28.8 Å². The maximum Gasteiger partial charge on any atom is 0.331 e. The van der Waals surface area contributed by atoms with Gasteiger partial charge < -0.3 is 24.3 Å². The molecule has 5 rings (SSSR count). The SMILES string of the molecule is COc1ccc(-c2c3c(=O)n(C)c(=O)n(C)c3c3n2CCO[C@@H]3c2ccc(O)c(O)c2)cc1. The van der Waals surface area contributed by atoms with Crippen LogP contribution in [0.25, 0.3) is 22.2 Å². The fourth-order valence-corrected chi connectivity index (χ4v) is 4.59. The topological polar surface area (TPSA) is 108 Å². The van der Waals surface area contributed by atoms with Crippen LogP contribution in [-0.4, -0.2) is 37.6 Å². The quantitative estimate of drug-likeness (QED) is 0.465. The third-order valence-electron chi connectivity index (χ3n) is 6.22. The van der Waals surface area contributed by atoms with Crippen LogP contribution in [-0.2, 0) is 25.4 Å². The van der Waals surface area contributed by atoms with Crippen LogP contribution >= 0.6 is 0 Å². The third-order valence-corrected chi connectivity index (χ3v) is 6.22. The second-order valence-corrected chi connectivity index (χ2v) is 8.04. The van der Waals surface area contributed by atoms with Crippen molar-refractivity contribution in [2.45, 2.75) is 12.6 Å². The molecule has 0 fully saturated rings. The van der Waals surface area contributed by atoms with Crippen molar-refractivity contribution in [3.63, 3.8) is 0 Å². The molecule has 0 saturated heterocycles. The lowest BCUT2D eigenvalue weighted by molar-refractivity contribution is 0.0477. The number of rotatable bonds is 3. The molecular weight excluding hydrogens is 426 g/mol. The Balaban J connectivity index is 1.90. The number of phenolic OH excluding ortho intramolecular Hbond substituents is 2. The molecule has 2 aromatic carbocycles. The molecule has 0 aliphatic carbocycles. The second kappa shape index (κ2) is 7.56. The molecule has 9 nitrogen and oxygen atoms in total. The van der Waals surface area contributed by atoms with Gasteiger partial charge in [-0.3, -0.25) is 13.9 Å². The monoisotopic (exact) mass is 449 g/mol. The molecule has 0 amide bonds. The van der Waals surface area contributed by atoms with Gasteiger partial charge in [0, 0.05) is 20.6 Å². The molecule has 2 N–H and O–H groups in total. The number of aromatic nitrogens is 3. The Labute approximate surface area is 188 Å². The predicted octanol–water partition coefficient (Wildman–Crippen LogP) is 2.25. The number of phenols is 2. The number of ether oxygens (including phenoxy) is 2. The van der Waals surface area contributed by atoms with Crippen LogP contribution in [0.5, 0.6) is 17.2 Å². The molecule has 4 aromatic rings. The summed E-state index contributed by atoms with van der Waals surface area (Å²) in [5, 5.41) is 20.2. The summed E-state index contributed by atoms with van der Waals surface area (Å²) < 4.78 is 15.9. The molecule has 0 saturated carbocycles. The standard InChI is InChI=1S/C24H23N3O6/c1-25-20-18(23(30)26(2)24(25)31)19(13-4-7-15(32-3)8-5-13)27-10-11-33-22(21(20)27)14-6-9-16(28)17(29)12-14/h4-9,12,22,28-29H,10-11H2,1-3H3/t22-/m1/s1. The molecule has 3 heterocycles. The van der Waals surface area contributed by atoms with E-state index in [-0.39, 0.29) is 11.5 Å². The van der Waals surface area contributed by atoms with Crippen molar-refractivity contribution in [2.24, 2.45) is 14.1 Å². The van der Waals surface area contributed by atoms with Crippen LogP contribution in [0, 0.1) is 0 Å². The number of aryl methyl sites for hydroxylation is 1. The molecule has 170 valence electrons. The Hall–Kier alpha value is -3.98. The average molecular weight is 449 g/mol. The Morgan fingerprint density at radius 2 is 1.73 bits per heavy atom. The van der Waals surface area contributed by atoms with Crippen LogP contribution in [0.2, 0.25) is 0 Å². The van der Waals surface area contributed by atoms with Crippen LogP contribution in [0.3, 0.4) is 0 Å². The summed E-state index contributed by atoms with van der Waals surface area (Å²) in [6.07, 6.45) is -0.655. The molecular formula is C24H23N3O6. The van der Waals surface area contributed by atoms with E-state index in [2.05, 4.69) is 0 Å². The van der Waals surface area contributed by atoms with E-state index in [1.165, 1.54) is 23.7 Å². The normalized spacial score (nSPS) is 15.5. The first kappa shape index (κ1) is 20.9. The Bertz CT molecular complexity index is 1510. The van der Waals surface area contributed by atoms with E-state index in [9.17, 15) is 19.8 Å². The molecule has 0 radical (unpaired) electrons. The van der Waals surface area contributed by atoms with Crippen LogP contribution in [0.4, 0.5) is 0 Å². The molecule has 9 heteroatoms. The number of benzene rings is 2. The van der Waals surface area contributed by atoms with Gasteiger partial charge in [-0.1, -0.05) is 6.07 Å². The van der Waals surface area contributed by atoms with E-state index >= 15 is 0 Å². The van der Waals surface area contributed by atoms with Crippen molar-refractivity contribution in [3.8, 4) is 28.5 Å². The minimum absolute atomic E-state index is 0.241. The van der Waals surface area contributed by atoms with Crippen molar-refractivity contribution >= 4 is 10.9 Å². The number of hydrogen-bond donors (Lipinski definition) is 2. The third kappa shape index (κ3) is 3.04. The van der Waals surface area contributed by atoms with Gasteiger partial charge >= 0.3 is 5.69 Å². The maximum atomic E-state index is 13.4. The first-order valence-electron chi connectivity index (χ1n) is 10.4. The highest BCUT2D eigenvalue weighted by Gasteiger charge is 2.33. The highest BCUT2D eigenvalue weighted by atomic mass is 16.5. The molecule has 2 aromatic heterocycles. The van der Waals surface area contributed by atoms with E-state index in [0.29, 0.717) is 46.8 Å². The highest BCUT2D eigenvalue weighted by Crippen LogP contribution is 2.42. The number of fused-ring (bicyclic) bond motifs is 3. The lowest BCUT2D eigenvalue weighted by atomic mass is 10.0. The summed E-state index contributed by atoms with van der Waals surface area (Å²) in [5.74, 6) is 0.175.